The van der Waals surface area contributed by atoms with Crippen molar-refractivity contribution in [2.75, 3.05) is 6.61 Å². The lowest BCUT2D eigenvalue weighted by atomic mass is 10.1. The quantitative estimate of drug-likeness (QED) is 0.781. The van der Waals surface area contributed by atoms with Crippen molar-refractivity contribution < 1.29 is 19.4 Å². The van der Waals surface area contributed by atoms with Crippen molar-refractivity contribution in [3.05, 3.63) is 65.7 Å². The van der Waals surface area contributed by atoms with Gasteiger partial charge in [0.25, 0.3) is 5.91 Å². The van der Waals surface area contributed by atoms with Gasteiger partial charge in [-0.2, -0.15) is 0 Å². The summed E-state index contributed by atoms with van der Waals surface area (Å²) in [5.74, 6) is -0.949. The van der Waals surface area contributed by atoms with E-state index in [1.807, 2.05) is 42.5 Å². The molecule has 0 heterocycles. The van der Waals surface area contributed by atoms with Gasteiger partial charge >= 0.3 is 5.97 Å². The zero-order valence-electron chi connectivity index (χ0n) is 13.6. The van der Waals surface area contributed by atoms with Crippen LogP contribution in [0.2, 0.25) is 0 Å². The van der Waals surface area contributed by atoms with Gasteiger partial charge in [0.05, 0.1) is 0 Å². The van der Waals surface area contributed by atoms with E-state index in [4.69, 9.17) is 4.74 Å². The second-order valence-corrected chi connectivity index (χ2v) is 5.43. The van der Waals surface area contributed by atoms with Crippen LogP contribution in [0.15, 0.2) is 54.6 Å². The Balaban J connectivity index is 1.87. The summed E-state index contributed by atoms with van der Waals surface area (Å²) in [5.41, 5.74) is 2.03. The lowest BCUT2D eigenvalue weighted by molar-refractivity contribution is -0.142. The topological polar surface area (TPSA) is 75.6 Å². The van der Waals surface area contributed by atoms with Gasteiger partial charge < -0.3 is 15.2 Å². The van der Waals surface area contributed by atoms with Crippen LogP contribution in [-0.2, 0) is 22.4 Å². The molecule has 0 aromatic heterocycles. The van der Waals surface area contributed by atoms with E-state index < -0.39 is 17.9 Å². The van der Waals surface area contributed by atoms with Crippen LogP contribution in [0.4, 0.5) is 0 Å². The summed E-state index contributed by atoms with van der Waals surface area (Å²) in [6.45, 7) is 1.84. The van der Waals surface area contributed by atoms with Crippen LogP contribution in [0.5, 0.6) is 5.75 Å². The third-order valence-corrected chi connectivity index (χ3v) is 3.62. The van der Waals surface area contributed by atoms with Crippen molar-refractivity contribution in [3.63, 3.8) is 0 Å². The Labute approximate surface area is 141 Å². The maximum Gasteiger partial charge on any atom is 0.326 e. The number of nitrogens with one attached hydrogen (secondary N) is 1. The smallest absolute Gasteiger partial charge is 0.326 e. The molecule has 0 aliphatic heterocycles. The van der Waals surface area contributed by atoms with Crippen LogP contribution < -0.4 is 10.1 Å². The molecule has 0 saturated heterocycles. The molecular weight excluding hydrogens is 306 g/mol. The average Bonchev–Trinajstić information content (AvgIpc) is 2.60. The monoisotopic (exact) mass is 327 g/mol. The Hall–Kier alpha value is -2.82. The highest BCUT2D eigenvalue weighted by molar-refractivity contribution is 5.84. The normalized spacial score (nSPS) is 11.5. The van der Waals surface area contributed by atoms with Gasteiger partial charge in [-0.25, -0.2) is 4.79 Å². The summed E-state index contributed by atoms with van der Waals surface area (Å²) in [5, 5.41) is 11.8. The number of carbonyl (C=O) groups is 2. The predicted molar refractivity (Wildman–Crippen MR) is 91.0 cm³/mol. The number of benzene rings is 2. The minimum absolute atomic E-state index is 0.218. The number of carboxylic acids is 1. The zero-order valence-corrected chi connectivity index (χ0v) is 13.6. The molecular formula is C19H21NO4. The summed E-state index contributed by atoms with van der Waals surface area (Å²) in [6.07, 6.45) is 1.16. The van der Waals surface area contributed by atoms with E-state index in [2.05, 4.69) is 12.2 Å². The van der Waals surface area contributed by atoms with Crippen molar-refractivity contribution in [3.8, 4) is 5.75 Å². The molecule has 2 rings (SSSR count). The van der Waals surface area contributed by atoms with Crippen molar-refractivity contribution >= 4 is 11.9 Å². The molecule has 1 amide bonds. The zero-order chi connectivity index (χ0) is 17.4. The second kappa shape index (κ2) is 8.72. The first-order chi connectivity index (χ1) is 11.6. The molecule has 0 bridgehead atoms. The number of carboxylic acid groups (broad SMARTS) is 1. The molecule has 2 N–H and O–H groups in total. The average molecular weight is 327 g/mol. The van der Waals surface area contributed by atoms with Gasteiger partial charge in [-0.05, 0) is 29.7 Å². The first-order valence-corrected chi connectivity index (χ1v) is 7.86. The molecule has 1 atom stereocenters. The minimum atomic E-state index is -1.07. The Morgan fingerprint density at radius 3 is 2.29 bits per heavy atom. The molecule has 0 radical (unpaired) electrons. The highest BCUT2D eigenvalue weighted by atomic mass is 16.5. The maximum atomic E-state index is 11.9. The van der Waals surface area contributed by atoms with Gasteiger partial charge in [0, 0.05) is 6.42 Å². The first kappa shape index (κ1) is 17.5. The first-order valence-electron chi connectivity index (χ1n) is 7.86. The predicted octanol–water partition coefficient (Wildman–Crippen LogP) is 2.44. The fourth-order valence-electron chi connectivity index (χ4n) is 2.26. The Morgan fingerprint density at radius 2 is 1.71 bits per heavy atom. The van der Waals surface area contributed by atoms with E-state index in [0.717, 1.165) is 12.0 Å². The van der Waals surface area contributed by atoms with Crippen molar-refractivity contribution in [2.45, 2.75) is 25.8 Å². The lowest BCUT2D eigenvalue weighted by Crippen LogP contribution is -2.44. The van der Waals surface area contributed by atoms with E-state index in [0.29, 0.717) is 5.75 Å². The maximum absolute atomic E-state index is 11.9. The standard InChI is InChI=1S/C19H21NO4/c1-2-14-8-10-16(11-9-14)24-13-18(21)20-17(19(22)23)12-15-6-4-3-5-7-15/h3-11,17H,2,12-13H2,1H3,(H,20,21)(H,22,23)/t17-/m0/s1. The number of rotatable bonds is 8. The highest BCUT2D eigenvalue weighted by Gasteiger charge is 2.20. The minimum Gasteiger partial charge on any atom is -0.484 e. The van der Waals surface area contributed by atoms with Crippen LogP contribution in [0.1, 0.15) is 18.1 Å². The fourth-order valence-corrected chi connectivity index (χ4v) is 2.26. The molecule has 0 saturated carbocycles. The van der Waals surface area contributed by atoms with Crippen molar-refractivity contribution in [2.24, 2.45) is 0 Å². The van der Waals surface area contributed by atoms with E-state index >= 15 is 0 Å². The summed E-state index contributed by atoms with van der Waals surface area (Å²) < 4.78 is 5.39. The van der Waals surface area contributed by atoms with Crippen LogP contribution >= 0.6 is 0 Å². The second-order valence-electron chi connectivity index (χ2n) is 5.43. The molecule has 0 aliphatic carbocycles. The van der Waals surface area contributed by atoms with Gasteiger partial charge in [-0.1, -0.05) is 49.4 Å². The number of hydrogen-bond donors (Lipinski definition) is 2. The molecule has 0 spiro atoms. The summed E-state index contributed by atoms with van der Waals surface area (Å²) >= 11 is 0. The molecule has 2 aromatic carbocycles. The molecule has 0 unspecified atom stereocenters. The van der Waals surface area contributed by atoms with Gasteiger partial charge in [0.15, 0.2) is 6.61 Å². The summed E-state index contributed by atoms with van der Waals surface area (Å²) in [7, 11) is 0. The van der Waals surface area contributed by atoms with E-state index in [9.17, 15) is 14.7 Å². The number of hydrogen-bond acceptors (Lipinski definition) is 3. The third-order valence-electron chi connectivity index (χ3n) is 3.62. The Morgan fingerprint density at radius 1 is 1.04 bits per heavy atom. The van der Waals surface area contributed by atoms with Crippen LogP contribution in [0.25, 0.3) is 0 Å². The highest BCUT2D eigenvalue weighted by Crippen LogP contribution is 2.12. The molecule has 0 fully saturated rings. The van der Waals surface area contributed by atoms with E-state index in [1.54, 1.807) is 12.1 Å². The van der Waals surface area contributed by atoms with Gasteiger partial charge in [-0.15, -0.1) is 0 Å². The fraction of sp³-hybridized carbons (Fsp3) is 0.263. The van der Waals surface area contributed by atoms with E-state index in [-0.39, 0.29) is 13.0 Å². The number of aryl methyl sites for hydroxylation is 1. The molecule has 0 aliphatic rings. The van der Waals surface area contributed by atoms with Gasteiger partial charge in [-0.3, -0.25) is 4.79 Å². The molecule has 5 heteroatoms. The van der Waals surface area contributed by atoms with E-state index in [1.165, 1.54) is 5.56 Å². The number of carbonyl (C=O) groups excluding carboxylic acids is 1. The van der Waals surface area contributed by atoms with Crippen LogP contribution in [0, 0.1) is 0 Å². The van der Waals surface area contributed by atoms with Crippen LogP contribution in [0.3, 0.4) is 0 Å². The Bertz CT molecular complexity index is 668. The third kappa shape index (κ3) is 5.43. The number of ether oxygens (including phenoxy) is 1. The number of amides is 1. The molecule has 5 nitrogen and oxygen atoms in total. The molecule has 126 valence electrons. The van der Waals surface area contributed by atoms with Crippen molar-refractivity contribution in [1.82, 2.24) is 5.32 Å². The van der Waals surface area contributed by atoms with Gasteiger partial charge in [0.1, 0.15) is 11.8 Å². The Kier molecular flexibility index (Phi) is 6.37. The van der Waals surface area contributed by atoms with Crippen LogP contribution in [-0.4, -0.2) is 29.6 Å². The van der Waals surface area contributed by atoms with Gasteiger partial charge in [0.2, 0.25) is 0 Å². The summed E-state index contributed by atoms with van der Waals surface area (Å²) in [4.78, 5) is 23.3. The SMILES string of the molecule is CCc1ccc(OCC(=O)N[C@@H](Cc2ccccc2)C(=O)O)cc1. The molecule has 2 aromatic rings. The lowest BCUT2D eigenvalue weighted by Gasteiger charge is -2.15. The largest absolute Gasteiger partial charge is 0.484 e. The summed E-state index contributed by atoms with van der Waals surface area (Å²) in [6, 6.07) is 15.7. The number of aliphatic carboxylic acids is 1. The van der Waals surface area contributed by atoms with Crippen molar-refractivity contribution in [1.29, 1.82) is 0 Å². The molecule has 24 heavy (non-hydrogen) atoms.